The van der Waals surface area contributed by atoms with Crippen LogP contribution in [0.2, 0.25) is 0 Å². The molecule has 0 unspecified atom stereocenters. The van der Waals surface area contributed by atoms with Crippen molar-refractivity contribution in [1.82, 2.24) is 10.3 Å². The molecule has 26 heavy (non-hydrogen) atoms. The predicted octanol–water partition coefficient (Wildman–Crippen LogP) is 4.83. The van der Waals surface area contributed by atoms with Crippen LogP contribution >= 0.6 is 0 Å². The fourth-order valence-electron chi connectivity index (χ4n) is 3.90. The Morgan fingerprint density at radius 2 is 1.77 bits per heavy atom. The van der Waals surface area contributed by atoms with Crippen LogP contribution in [-0.2, 0) is 0 Å². The molecule has 1 saturated carbocycles. The van der Waals surface area contributed by atoms with Gasteiger partial charge in [0.05, 0.1) is 5.52 Å². The third kappa shape index (κ3) is 3.45. The number of hydrogen-bond acceptors (Lipinski definition) is 2. The van der Waals surface area contributed by atoms with Crippen molar-refractivity contribution in [2.45, 2.75) is 37.6 Å². The average molecular weight is 348 g/mol. The second-order valence-corrected chi connectivity index (χ2v) is 6.95. The number of pyridine rings is 1. The molecule has 2 aromatic carbocycles. The van der Waals surface area contributed by atoms with Crippen LogP contribution in [0.4, 0.5) is 4.39 Å². The lowest BCUT2D eigenvalue weighted by Gasteiger charge is -2.30. The first-order valence-corrected chi connectivity index (χ1v) is 9.11. The molecule has 1 amide bonds. The maximum atomic E-state index is 13.7. The number of halogens is 1. The molecule has 0 saturated heterocycles. The van der Waals surface area contributed by atoms with Gasteiger partial charge >= 0.3 is 0 Å². The first-order chi connectivity index (χ1) is 12.7. The number of aromatic nitrogens is 1. The summed E-state index contributed by atoms with van der Waals surface area (Å²) in [5.41, 5.74) is 2.70. The van der Waals surface area contributed by atoms with E-state index in [0.717, 1.165) is 36.6 Å². The molecule has 0 aliphatic heterocycles. The summed E-state index contributed by atoms with van der Waals surface area (Å²) in [5, 5.41) is 4.05. The number of benzene rings is 2. The Balaban J connectivity index is 1.44. The molecule has 4 rings (SSSR count). The number of fused-ring (bicyclic) bond motifs is 1. The Kier molecular flexibility index (Phi) is 4.65. The molecule has 0 radical (unpaired) electrons. The fraction of sp³-hybridized carbons (Fsp3) is 0.273. The van der Waals surface area contributed by atoms with Crippen LogP contribution in [0, 0.1) is 5.82 Å². The average Bonchev–Trinajstić information content (AvgIpc) is 2.69. The molecule has 3 nitrogen and oxygen atoms in total. The third-order valence-corrected chi connectivity index (χ3v) is 5.28. The van der Waals surface area contributed by atoms with Crippen LogP contribution in [-0.4, -0.2) is 16.9 Å². The molecule has 1 aliphatic carbocycles. The first-order valence-electron chi connectivity index (χ1n) is 9.11. The van der Waals surface area contributed by atoms with Crippen molar-refractivity contribution in [3.63, 3.8) is 0 Å². The minimum Gasteiger partial charge on any atom is -0.349 e. The molecule has 1 N–H and O–H groups in total. The summed E-state index contributed by atoms with van der Waals surface area (Å²) in [5.74, 6) is 0.146. The number of amides is 1. The van der Waals surface area contributed by atoms with E-state index in [-0.39, 0.29) is 17.8 Å². The summed E-state index contributed by atoms with van der Waals surface area (Å²) in [4.78, 5) is 16.7. The topological polar surface area (TPSA) is 42.0 Å². The van der Waals surface area contributed by atoms with E-state index in [1.54, 1.807) is 18.3 Å². The van der Waals surface area contributed by atoms with Gasteiger partial charge in [0.1, 0.15) is 5.82 Å². The van der Waals surface area contributed by atoms with Crippen molar-refractivity contribution in [2.75, 3.05) is 0 Å². The minimum absolute atomic E-state index is 0.00881. The minimum atomic E-state index is -0.226. The quantitative estimate of drug-likeness (QED) is 0.736. The van der Waals surface area contributed by atoms with Crippen molar-refractivity contribution in [2.24, 2.45) is 0 Å². The standard InChI is InChI=1S/C22H21FN2O/c23-17-8-11-21-20(14-17)19(12-13-24-21)15-6-9-18(10-7-15)25-22(26)16-4-2-1-3-5-16/h1-5,8,11-15,18H,6-7,9-10H2,(H,25,26). The van der Waals surface area contributed by atoms with Crippen LogP contribution in [0.3, 0.4) is 0 Å². The molecule has 1 aliphatic rings. The molecule has 0 bridgehead atoms. The van der Waals surface area contributed by atoms with Crippen LogP contribution in [0.25, 0.3) is 10.9 Å². The van der Waals surface area contributed by atoms with Gasteiger partial charge in [0.15, 0.2) is 0 Å². The van der Waals surface area contributed by atoms with Crippen molar-refractivity contribution in [3.05, 3.63) is 77.7 Å². The molecule has 0 spiro atoms. The fourth-order valence-corrected chi connectivity index (χ4v) is 3.90. The molecule has 1 aromatic heterocycles. The van der Waals surface area contributed by atoms with Gasteiger partial charge in [-0.05, 0) is 73.6 Å². The number of nitrogens with one attached hydrogen (secondary N) is 1. The van der Waals surface area contributed by atoms with E-state index in [0.29, 0.717) is 11.5 Å². The largest absolute Gasteiger partial charge is 0.349 e. The van der Waals surface area contributed by atoms with Crippen molar-refractivity contribution >= 4 is 16.8 Å². The lowest BCUT2D eigenvalue weighted by Crippen LogP contribution is -2.37. The summed E-state index contributed by atoms with van der Waals surface area (Å²) in [6.45, 7) is 0. The Morgan fingerprint density at radius 1 is 1.00 bits per heavy atom. The second kappa shape index (κ2) is 7.24. The van der Waals surface area contributed by atoms with Crippen LogP contribution in [0.1, 0.15) is 47.5 Å². The van der Waals surface area contributed by atoms with E-state index in [2.05, 4.69) is 10.3 Å². The van der Waals surface area contributed by atoms with Crippen LogP contribution in [0.5, 0.6) is 0 Å². The number of nitrogens with zero attached hydrogens (tertiary/aromatic N) is 1. The maximum absolute atomic E-state index is 13.7. The highest BCUT2D eigenvalue weighted by atomic mass is 19.1. The third-order valence-electron chi connectivity index (χ3n) is 5.28. The molecule has 132 valence electrons. The monoisotopic (exact) mass is 348 g/mol. The van der Waals surface area contributed by atoms with Crippen molar-refractivity contribution in [3.8, 4) is 0 Å². The van der Waals surface area contributed by atoms with Gasteiger partial charge in [-0.2, -0.15) is 0 Å². The Labute approximate surface area is 152 Å². The predicted molar refractivity (Wildman–Crippen MR) is 101 cm³/mol. The Hall–Kier alpha value is -2.75. The highest BCUT2D eigenvalue weighted by molar-refractivity contribution is 5.94. The SMILES string of the molecule is O=C(NC1CCC(c2ccnc3ccc(F)cc23)CC1)c1ccccc1. The Bertz CT molecular complexity index is 918. The van der Waals surface area contributed by atoms with E-state index in [1.807, 2.05) is 36.4 Å². The molecule has 4 heteroatoms. The second-order valence-electron chi connectivity index (χ2n) is 6.95. The van der Waals surface area contributed by atoms with Gasteiger partial charge < -0.3 is 5.32 Å². The first kappa shape index (κ1) is 16.7. The summed E-state index contributed by atoms with van der Waals surface area (Å²) < 4.78 is 13.7. The van der Waals surface area contributed by atoms with Crippen molar-refractivity contribution < 1.29 is 9.18 Å². The van der Waals surface area contributed by atoms with E-state index in [9.17, 15) is 9.18 Å². The number of rotatable bonds is 3. The zero-order valence-corrected chi connectivity index (χ0v) is 14.5. The Morgan fingerprint density at radius 3 is 2.54 bits per heavy atom. The summed E-state index contributed by atoms with van der Waals surface area (Å²) in [6.07, 6.45) is 5.63. The van der Waals surface area contributed by atoms with Gasteiger partial charge in [-0.15, -0.1) is 0 Å². The van der Waals surface area contributed by atoms with Gasteiger partial charge in [-0.3, -0.25) is 9.78 Å². The smallest absolute Gasteiger partial charge is 0.251 e. The van der Waals surface area contributed by atoms with Gasteiger partial charge in [0.2, 0.25) is 0 Å². The summed E-state index contributed by atoms with van der Waals surface area (Å²) in [6, 6.07) is 16.3. The normalized spacial score (nSPS) is 20.0. The molecular weight excluding hydrogens is 327 g/mol. The summed E-state index contributed by atoms with van der Waals surface area (Å²) >= 11 is 0. The van der Waals surface area contributed by atoms with Crippen LogP contribution in [0.15, 0.2) is 60.8 Å². The molecule has 1 fully saturated rings. The molecule has 1 heterocycles. The number of hydrogen-bond donors (Lipinski definition) is 1. The van der Waals surface area contributed by atoms with Crippen LogP contribution < -0.4 is 5.32 Å². The molecule has 0 atom stereocenters. The lowest BCUT2D eigenvalue weighted by atomic mass is 9.80. The van der Waals surface area contributed by atoms with Gasteiger partial charge in [-0.25, -0.2) is 4.39 Å². The molecule has 3 aromatic rings. The van der Waals surface area contributed by atoms with Crippen molar-refractivity contribution in [1.29, 1.82) is 0 Å². The van der Waals surface area contributed by atoms with E-state index in [4.69, 9.17) is 0 Å². The highest BCUT2D eigenvalue weighted by Crippen LogP contribution is 2.36. The number of carbonyl (C=O) groups is 1. The van der Waals surface area contributed by atoms with E-state index < -0.39 is 0 Å². The molecular formula is C22H21FN2O. The van der Waals surface area contributed by atoms with Gasteiger partial charge in [0, 0.05) is 23.2 Å². The lowest BCUT2D eigenvalue weighted by molar-refractivity contribution is 0.0926. The van der Waals surface area contributed by atoms with Gasteiger partial charge in [-0.1, -0.05) is 18.2 Å². The maximum Gasteiger partial charge on any atom is 0.251 e. The highest BCUT2D eigenvalue weighted by Gasteiger charge is 2.25. The van der Waals surface area contributed by atoms with Gasteiger partial charge in [0.25, 0.3) is 5.91 Å². The number of carbonyl (C=O) groups excluding carboxylic acids is 1. The van der Waals surface area contributed by atoms with E-state index in [1.165, 1.54) is 11.6 Å². The summed E-state index contributed by atoms with van der Waals surface area (Å²) in [7, 11) is 0. The zero-order chi connectivity index (χ0) is 17.9. The van der Waals surface area contributed by atoms with E-state index >= 15 is 0 Å². The zero-order valence-electron chi connectivity index (χ0n) is 14.5.